The lowest BCUT2D eigenvalue weighted by molar-refractivity contribution is -0.132. The molecule has 5 rings (SSSR count). The molecule has 1 saturated heterocycles. The van der Waals surface area contributed by atoms with Gasteiger partial charge in [0.1, 0.15) is 11.6 Å². The molecule has 38 heavy (non-hydrogen) atoms. The first-order valence-electron chi connectivity index (χ1n) is 11.6. The summed E-state index contributed by atoms with van der Waals surface area (Å²) in [5, 5.41) is 20.4. The van der Waals surface area contributed by atoms with Crippen molar-refractivity contribution in [2.45, 2.75) is 30.0 Å². The standard InChI is InChI=1S/C28H21ClFN3O3S2/c1-15-7-8-16(2)20(13-15)24(34)22-23(17-9-11-19(29)12-10-17)33(26(36)25(22)35)27-31-32-28(38-27)37-14-18-5-3-4-6-21(18)30/h3-13,23,34H,14H2,1-2H3/b24-22+. The molecule has 192 valence electrons. The number of halogens is 2. The van der Waals surface area contributed by atoms with Crippen LogP contribution in [0.1, 0.15) is 33.9 Å². The Balaban J connectivity index is 1.57. The molecule has 1 fully saturated rings. The minimum Gasteiger partial charge on any atom is -0.507 e. The van der Waals surface area contributed by atoms with Crippen LogP contribution in [0.5, 0.6) is 0 Å². The Hall–Kier alpha value is -3.53. The van der Waals surface area contributed by atoms with Crippen molar-refractivity contribution in [3.63, 3.8) is 0 Å². The van der Waals surface area contributed by atoms with Gasteiger partial charge in [0, 0.05) is 16.3 Å². The number of aryl methyl sites for hydroxylation is 2. The van der Waals surface area contributed by atoms with E-state index in [0.717, 1.165) is 22.5 Å². The largest absolute Gasteiger partial charge is 0.507 e. The van der Waals surface area contributed by atoms with Crippen molar-refractivity contribution < 1.29 is 19.1 Å². The normalized spacial score (nSPS) is 16.8. The molecule has 1 N–H and O–H groups in total. The number of benzene rings is 3. The van der Waals surface area contributed by atoms with Crippen LogP contribution in [0.2, 0.25) is 5.02 Å². The lowest BCUT2D eigenvalue weighted by Gasteiger charge is -2.22. The summed E-state index contributed by atoms with van der Waals surface area (Å²) >= 11 is 8.50. The second kappa shape index (κ2) is 10.7. The van der Waals surface area contributed by atoms with E-state index in [2.05, 4.69) is 10.2 Å². The van der Waals surface area contributed by atoms with Crippen molar-refractivity contribution in [3.8, 4) is 0 Å². The molecule has 0 saturated carbocycles. The molecule has 1 amide bonds. The van der Waals surface area contributed by atoms with Gasteiger partial charge in [-0.15, -0.1) is 10.2 Å². The zero-order valence-electron chi connectivity index (χ0n) is 20.3. The number of aliphatic hydroxyl groups is 1. The van der Waals surface area contributed by atoms with Crippen LogP contribution in [0.25, 0.3) is 5.76 Å². The highest BCUT2D eigenvalue weighted by molar-refractivity contribution is 8.00. The summed E-state index contributed by atoms with van der Waals surface area (Å²) in [7, 11) is 0. The number of anilines is 1. The Bertz CT molecular complexity index is 1590. The van der Waals surface area contributed by atoms with Gasteiger partial charge in [0.05, 0.1) is 11.6 Å². The van der Waals surface area contributed by atoms with Crippen LogP contribution in [0.4, 0.5) is 9.52 Å². The predicted octanol–water partition coefficient (Wildman–Crippen LogP) is 6.87. The molecule has 2 heterocycles. The second-order valence-corrected chi connectivity index (χ2v) is 11.4. The second-order valence-electron chi connectivity index (χ2n) is 8.77. The number of carbonyl (C=O) groups is 2. The van der Waals surface area contributed by atoms with Crippen molar-refractivity contribution in [2.75, 3.05) is 4.90 Å². The first-order chi connectivity index (χ1) is 18.2. The maximum absolute atomic E-state index is 14.0. The van der Waals surface area contributed by atoms with Crippen LogP contribution < -0.4 is 4.90 Å². The summed E-state index contributed by atoms with van der Waals surface area (Å²) in [5.74, 6) is -1.89. The van der Waals surface area contributed by atoms with Crippen LogP contribution in [-0.4, -0.2) is 27.0 Å². The van der Waals surface area contributed by atoms with E-state index in [1.54, 1.807) is 48.5 Å². The highest BCUT2D eigenvalue weighted by Gasteiger charge is 2.48. The van der Waals surface area contributed by atoms with Gasteiger partial charge in [0.25, 0.3) is 5.78 Å². The van der Waals surface area contributed by atoms with Crippen LogP contribution in [0.3, 0.4) is 0 Å². The summed E-state index contributed by atoms with van der Waals surface area (Å²) in [6.07, 6.45) is 0. The van der Waals surface area contributed by atoms with Gasteiger partial charge in [-0.05, 0) is 54.8 Å². The highest BCUT2D eigenvalue weighted by atomic mass is 35.5. The number of carbonyl (C=O) groups excluding carboxylic acids is 2. The first-order valence-corrected chi connectivity index (χ1v) is 13.8. The van der Waals surface area contributed by atoms with Gasteiger partial charge in [-0.1, -0.05) is 82.7 Å². The maximum Gasteiger partial charge on any atom is 0.301 e. The van der Waals surface area contributed by atoms with Crippen LogP contribution in [0, 0.1) is 19.7 Å². The van der Waals surface area contributed by atoms with E-state index in [1.807, 2.05) is 26.0 Å². The van der Waals surface area contributed by atoms with Gasteiger partial charge in [0.15, 0.2) is 4.34 Å². The van der Waals surface area contributed by atoms with E-state index in [4.69, 9.17) is 11.6 Å². The fraction of sp³-hybridized carbons (Fsp3) is 0.143. The number of ketones is 1. The average Bonchev–Trinajstić information content (AvgIpc) is 3.47. The molecule has 6 nitrogen and oxygen atoms in total. The fourth-order valence-corrected chi connectivity index (χ4v) is 6.22. The molecule has 10 heteroatoms. The number of nitrogens with zero attached hydrogens (tertiary/aromatic N) is 3. The van der Waals surface area contributed by atoms with Crippen LogP contribution in [-0.2, 0) is 15.3 Å². The number of Topliss-reactive ketones (excluding diaryl/α,β-unsaturated/α-hetero) is 1. The number of aromatic nitrogens is 2. The third kappa shape index (κ3) is 4.97. The monoisotopic (exact) mass is 565 g/mol. The van der Waals surface area contributed by atoms with E-state index < -0.39 is 17.7 Å². The molecule has 1 aliphatic rings. The van der Waals surface area contributed by atoms with E-state index in [-0.39, 0.29) is 22.3 Å². The molecule has 1 aromatic heterocycles. The summed E-state index contributed by atoms with van der Waals surface area (Å²) in [5.41, 5.74) is 3.19. The van der Waals surface area contributed by atoms with Gasteiger partial charge in [-0.25, -0.2) is 4.39 Å². The third-order valence-electron chi connectivity index (χ3n) is 6.19. The van der Waals surface area contributed by atoms with E-state index in [9.17, 15) is 19.1 Å². The Morgan fingerprint density at radius 2 is 1.82 bits per heavy atom. The molecular weight excluding hydrogens is 545 g/mol. The van der Waals surface area contributed by atoms with E-state index in [0.29, 0.717) is 31.8 Å². The first kappa shape index (κ1) is 26.1. The molecule has 0 bridgehead atoms. The lowest BCUT2D eigenvalue weighted by atomic mass is 9.93. The summed E-state index contributed by atoms with van der Waals surface area (Å²) in [6, 6.07) is 17.8. The number of amides is 1. The summed E-state index contributed by atoms with van der Waals surface area (Å²) < 4.78 is 14.6. The van der Waals surface area contributed by atoms with Gasteiger partial charge in [0.2, 0.25) is 5.13 Å². The fourth-order valence-electron chi connectivity index (χ4n) is 4.24. The van der Waals surface area contributed by atoms with Crippen LogP contribution >= 0.6 is 34.7 Å². The number of hydrogen-bond donors (Lipinski definition) is 1. The van der Waals surface area contributed by atoms with Crippen molar-refractivity contribution in [1.82, 2.24) is 10.2 Å². The van der Waals surface area contributed by atoms with Crippen molar-refractivity contribution in [1.29, 1.82) is 0 Å². The third-order valence-corrected chi connectivity index (χ3v) is 8.55. The number of thioether (sulfide) groups is 1. The number of rotatable bonds is 6. The summed E-state index contributed by atoms with van der Waals surface area (Å²) in [4.78, 5) is 28.0. The smallest absolute Gasteiger partial charge is 0.301 e. The molecule has 0 spiro atoms. The Labute approximate surface area is 231 Å². The van der Waals surface area contributed by atoms with Gasteiger partial charge < -0.3 is 5.11 Å². The predicted molar refractivity (Wildman–Crippen MR) is 148 cm³/mol. The molecule has 1 aliphatic heterocycles. The molecule has 4 aromatic rings. The minimum atomic E-state index is -0.940. The number of aliphatic hydroxyl groups excluding tert-OH is 1. The average molecular weight is 566 g/mol. The minimum absolute atomic E-state index is 0.0400. The van der Waals surface area contributed by atoms with E-state index >= 15 is 0 Å². The van der Waals surface area contributed by atoms with Gasteiger partial charge in [-0.3, -0.25) is 14.5 Å². The van der Waals surface area contributed by atoms with Crippen LogP contribution in [0.15, 0.2) is 76.6 Å². The molecule has 3 aromatic carbocycles. The topological polar surface area (TPSA) is 83.4 Å². The Kier molecular flexibility index (Phi) is 7.34. The molecule has 0 aliphatic carbocycles. The Morgan fingerprint density at radius 1 is 1.08 bits per heavy atom. The van der Waals surface area contributed by atoms with Crippen molar-refractivity contribution >= 4 is 57.3 Å². The quantitative estimate of drug-likeness (QED) is 0.0903. The SMILES string of the molecule is Cc1ccc(C)c(/C(O)=C2\C(=O)C(=O)N(c3nnc(SCc4ccccc4F)s3)C2c2ccc(Cl)cc2)c1. The molecular formula is C28H21ClFN3O3S2. The lowest BCUT2D eigenvalue weighted by Crippen LogP contribution is -2.29. The zero-order valence-corrected chi connectivity index (χ0v) is 22.7. The zero-order chi connectivity index (χ0) is 27.0. The van der Waals surface area contributed by atoms with Gasteiger partial charge >= 0.3 is 5.91 Å². The van der Waals surface area contributed by atoms with Crippen molar-refractivity contribution in [2.24, 2.45) is 0 Å². The van der Waals surface area contributed by atoms with E-state index in [1.165, 1.54) is 22.7 Å². The molecule has 0 radical (unpaired) electrons. The highest BCUT2D eigenvalue weighted by Crippen LogP contribution is 2.44. The maximum atomic E-state index is 14.0. The van der Waals surface area contributed by atoms with Gasteiger partial charge in [-0.2, -0.15) is 0 Å². The van der Waals surface area contributed by atoms with Crippen molar-refractivity contribution in [3.05, 3.63) is 111 Å². The summed E-state index contributed by atoms with van der Waals surface area (Å²) in [6.45, 7) is 3.71. The molecule has 1 unspecified atom stereocenters. The Morgan fingerprint density at radius 3 is 2.55 bits per heavy atom. The number of hydrogen-bond acceptors (Lipinski definition) is 7. The molecule has 1 atom stereocenters.